The summed E-state index contributed by atoms with van der Waals surface area (Å²) in [6, 6.07) is 7.26. The molecule has 0 saturated heterocycles. The number of rotatable bonds is 11. The lowest BCUT2D eigenvalue weighted by Crippen LogP contribution is -2.17. The van der Waals surface area contributed by atoms with Gasteiger partial charge in [-0.15, -0.1) is 0 Å². The van der Waals surface area contributed by atoms with E-state index >= 15 is 0 Å². The highest BCUT2D eigenvalue weighted by molar-refractivity contribution is 6.04. The number of hydrogen-bond acceptors (Lipinski definition) is 8. The fraction of sp³-hybridized carbons (Fsp3) is 0.226. The van der Waals surface area contributed by atoms with Crippen molar-refractivity contribution in [3.63, 3.8) is 0 Å². The zero-order valence-corrected chi connectivity index (χ0v) is 25.3. The number of hydrogen-bond donors (Lipinski definition) is 1. The molecule has 0 saturated carbocycles. The number of allylic oxidation sites excluding steroid dienone is 1. The largest absolute Gasteiger partial charge is 0.493 e. The van der Waals surface area contributed by atoms with Gasteiger partial charge in [0.1, 0.15) is 17.3 Å². The van der Waals surface area contributed by atoms with Crippen molar-refractivity contribution in [2.45, 2.75) is 26.2 Å². The van der Waals surface area contributed by atoms with E-state index in [2.05, 4.69) is 27.1 Å². The first kappa shape index (κ1) is 34.3. The molecule has 2 heterocycles. The van der Waals surface area contributed by atoms with E-state index in [1.54, 1.807) is 32.1 Å². The van der Waals surface area contributed by atoms with Crippen LogP contribution in [0.4, 0.5) is 37.8 Å². The van der Waals surface area contributed by atoms with Crippen molar-refractivity contribution in [2.24, 2.45) is 4.99 Å². The minimum absolute atomic E-state index is 0.00579. The predicted molar refractivity (Wildman–Crippen MR) is 160 cm³/mol. The molecule has 4 rings (SSSR count). The number of nitrogens with zero attached hydrogens (tertiary/aromatic N) is 4. The number of anilines is 1. The summed E-state index contributed by atoms with van der Waals surface area (Å²) < 4.78 is 103. The van der Waals surface area contributed by atoms with Crippen LogP contribution in [0.2, 0.25) is 0 Å². The summed E-state index contributed by atoms with van der Waals surface area (Å²) in [5.41, 5.74) is -3.28. The number of ether oxygens (including phenoxy) is 4. The molecule has 0 bridgehead atoms. The molecule has 0 unspecified atom stereocenters. The monoisotopic (exact) mass is 663 g/mol. The number of amides is 1. The average Bonchev–Trinajstić information content (AvgIpc) is 3.46. The van der Waals surface area contributed by atoms with Gasteiger partial charge in [-0.05, 0) is 63.0 Å². The summed E-state index contributed by atoms with van der Waals surface area (Å²) in [7, 11) is 2.96. The van der Waals surface area contributed by atoms with Crippen molar-refractivity contribution < 1.29 is 50.1 Å². The standard InChI is InChI=1S/C31H27F6N5O5/c1-6-23(19-13-24(44-4)25(45-5)14-21(19)38-3)47-18-9-11-27(39-15-18)40-29(43)28-26(46-7-2)16-42(41-28)22-10-8-17(30(32,33)34)12-20(22)31(35,36)37/h6,8-16H,3,7H2,1-2,4-5H3,(H,39,40,43)/b23-6+. The minimum Gasteiger partial charge on any atom is -0.493 e. The molecule has 47 heavy (non-hydrogen) atoms. The molecule has 1 N–H and O–H groups in total. The maximum atomic E-state index is 13.8. The Morgan fingerprint density at radius 1 is 1.00 bits per heavy atom. The smallest absolute Gasteiger partial charge is 0.418 e. The molecule has 10 nitrogen and oxygen atoms in total. The molecular formula is C31H27F6N5O5. The number of aliphatic imine (C=N–C) groups is 1. The molecule has 1 amide bonds. The molecule has 2 aromatic heterocycles. The summed E-state index contributed by atoms with van der Waals surface area (Å²) in [4.78, 5) is 21.3. The molecule has 0 spiro atoms. The highest BCUT2D eigenvalue weighted by atomic mass is 19.4. The molecule has 248 valence electrons. The van der Waals surface area contributed by atoms with Crippen LogP contribution >= 0.6 is 0 Å². The van der Waals surface area contributed by atoms with Crippen molar-refractivity contribution in [3.8, 4) is 28.7 Å². The number of methoxy groups -OCH3 is 2. The number of nitrogens with one attached hydrogen (secondary N) is 1. The molecule has 4 aromatic rings. The van der Waals surface area contributed by atoms with Gasteiger partial charge in [0, 0.05) is 11.6 Å². The highest BCUT2D eigenvalue weighted by Gasteiger charge is 2.39. The van der Waals surface area contributed by atoms with Gasteiger partial charge in [-0.3, -0.25) is 9.79 Å². The van der Waals surface area contributed by atoms with Crippen molar-refractivity contribution >= 4 is 29.9 Å². The lowest BCUT2D eigenvalue weighted by atomic mass is 10.1. The maximum absolute atomic E-state index is 13.8. The van der Waals surface area contributed by atoms with Gasteiger partial charge in [0.05, 0.1) is 55.7 Å². The molecule has 2 aromatic carbocycles. The number of benzene rings is 2. The quantitative estimate of drug-likeness (QED) is 0.0993. The summed E-state index contributed by atoms with van der Waals surface area (Å²) >= 11 is 0. The second kappa shape index (κ2) is 13.8. The van der Waals surface area contributed by atoms with Crippen LogP contribution in [0.25, 0.3) is 11.4 Å². The normalized spacial score (nSPS) is 12.0. The van der Waals surface area contributed by atoms with Crippen LogP contribution < -0.4 is 24.3 Å². The first-order valence-electron chi connectivity index (χ1n) is 13.6. The van der Waals surface area contributed by atoms with E-state index in [0.717, 1.165) is 6.20 Å². The van der Waals surface area contributed by atoms with Crippen LogP contribution in [-0.2, 0) is 12.4 Å². The molecular weight excluding hydrogens is 636 g/mol. The summed E-state index contributed by atoms with van der Waals surface area (Å²) in [5.74, 6) is 0.408. The van der Waals surface area contributed by atoms with Crippen LogP contribution in [0, 0.1) is 0 Å². The lowest BCUT2D eigenvalue weighted by molar-refractivity contribution is -0.143. The second-order valence-electron chi connectivity index (χ2n) is 9.42. The lowest BCUT2D eigenvalue weighted by Gasteiger charge is -2.15. The highest BCUT2D eigenvalue weighted by Crippen LogP contribution is 2.40. The summed E-state index contributed by atoms with van der Waals surface area (Å²) in [5, 5.41) is 6.38. The van der Waals surface area contributed by atoms with Crippen LogP contribution in [0.5, 0.6) is 23.0 Å². The van der Waals surface area contributed by atoms with Gasteiger partial charge in [-0.1, -0.05) is 0 Å². The second-order valence-corrected chi connectivity index (χ2v) is 9.42. The fourth-order valence-corrected chi connectivity index (χ4v) is 4.32. The Hall–Kier alpha value is -5.54. The maximum Gasteiger partial charge on any atom is 0.418 e. The molecule has 0 aliphatic heterocycles. The molecule has 0 aliphatic rings. The summed E-state index contributed by atoms with van der Waals surface area (Å²) in [6.07, 6.45) is -6.22. The zero-order chi connectivity index (χ0) is 34.5. The van der Waals surface area contributed by atoms with Crippen LogP contribution in [0.15, 0.2) is 65.9 Å². The van der Waals surface area contributed by atoms with Crippen molar-refractivity contribution in [3.05, 3.63) is 83.3 Å². The Balaban J connectivity index is 1.59. The Morgan fingerprint density at radius 2 is 1.70 bits per heavy atom. The Bertz CT molecular complexity index is 1800. The third-order valence-corrected chi connectivity index (χ3v) is 6.48. The number of carbonyl (C=O) groups is 1. The first-order valence-corrected chi connectivity index (χ1v) is 13.6. The molecule has 16 heteroatoms. The van der Waals surface area contributed by atoms with Crippen molar-refractivity contribution in [2.75, 3.05) is 26.1 Å². The van der Waals surface area contributed by atoms with E-state index in [1.807, 2.05) is 0 Å². The first-order chi connectivity index (χ1) is 22.2. The SMILES string of the molecule is C=Nc1cc(OC)c(OC)cc1/C(=C\C)Oc1ccc(NC(=O)c2nn(-c3ccc(C(F)(F)F)cc3C(F)(F)F)cc2OCC)nc1. The van der Waals surface area contributed by atoms with Crippen molar-refractivity contribution in [1.82, 2.24) is 14.8 Å². The van der Waals surface area contributed by atoms with E-state index in [-0.39, 0.29) is 30.0 Å². The Labute approximate surface area is 264 Å². The third kappa shape index (κ3) is 7.65. The zero-order valence-electron chi connectivity index (χ0n) is 25.3. The third-order valence-electron chi connectivity index (χ3n) is 6.48. The van der Waals surface area contributed by atoms with E-state index < -0.39 is 40.8 Å². The van der Waals surface area contributed by atoms with Gasteiger partial charge in [0.25, 0.3) is 5.91 Å². The van der Waals surface area contributed by atoms with Gasteiger partial charge in [-0.25, -0.2) is 9.67 Å². The molecule has 0 fully saturated rings. The number of alkyl halides is 6. The van der Waals surface area contributed by atoms with Crippen LogP contribution in [0.3, 0.4) is 0 Å². The Morgan fingerprint density at radius 3 is 2.26 bits per heavy atom. The van der Waals surface area contributed by atoms with Crippen molar-refractivity contribution in [1.29, 1.82) is 0 Å². The van der Waals surface area contributed by atoms with Gasteiger partial charge < -0.3 is 24.3 Å². The van der Waals surface area contributed by atoms with E-state index in [4.69, 9.17) is 18.9 Å². The van der Waals surface area contributed by atoms with E-state index in [1.165, 1.54) is 32.5 Å². The van der Waals surface area contributed by atoms with Gasteiger partial charge in [-0.2, -0.15) is 31.4 Å². The molecule has 0 radical (unpaired) electrons. The number of halogens is 6. The predicted octanol–water partition coefficient (Wildman–Crippen LogP) is 7.75. The van der Waals surface area contributed by atoms with Gasteiger partial charge >= 0.3 is 12.4 Å². The number of carbonyl (C=O) groups excluding carboxylic acids is 1. The topological polar surface area (TPSA) is 109 Å². The van der Waals surface area contributed by atoms with Gasteiger partial charge in [0.15, 0.2) is 22.9 Å². The number of pyridine rings is 1. The summed E-state index contributed by atoms with van der Waals surface area (Å²) in [6.45, 7) is 6.89. The number of aromatic nitrogens is 3. The van der Waals surface area contributed by atoms with E-state index in [9.17, 15) is 31.1 Å². The molecule has 0 atom stereocenters. The van der Waals surface area contributed by atoms with E-state index in [0.29, 0.717) is 45.3 Å². The average molecular weight is 664 g/mol. The van der Waals surface area contributed by atoms with Crippen LogP contribution in [0.1, 0.15) is 41.0 Å². The fourth-order valence-electron chi connectivity index (χ4n) is 4.32. The molecule has 0 aliphatic carbocycles. The van der Waals surface area contributed by atoms with Crippen LogP contribution in [-0.4, -0.2) is 48.2 Å². The van der Waals surface area contributed by atoms with Gasteiger partial charge in [0.2, 0.25) is 0 Å². The Kier molecular flexibility index (Phi) is 10.1. The minimum atomic E-state index is -5.17.